The largest absolute Gasteiger partial charge is 0.506 e. The van der Waals surface area contributed by atoms with E-state index in [0.29, 0.717) is 5.02 Å². The van der Waals surface area contributed by atoms with Crippen molar-refractivity contribution < 1.29 is 5.11 Å². The molecule has 0 fully saturated rings. The van der Waals surface area contributed by atoms with Crippen molar-refractivity contribution in [3.63, 3.8) is 0 Å². The maximum Gasteiger partial charge on any atom is 0.137 e. The molecule has 1 nitrogen and oxygen atoms in total. The second-order valence-electron chi connectivity index (χ2n) is 5.31. The zero-order valence-electron chi connectivity index (χ0n) is 12.3. The van der Waals surface area contributed by atoms with Gasteiger partial charge in [0.2, 0.25) is 0 Å². The van der Waals surface area contributed by atoms with Crippen molar-refractivity contribution in [3.05, 3.63) is 28.3 Å². The molecular weight excluding hydrogens is 256 g/mol. The first-order valence-electron chi connectivity index (χ1n) is 7.69. The molecule has 0 aliphatic heterocycles. The molecule has 0 bridgehead atoms. The van der Waals surface area contributed by atoms with Gasteiger partial charge in [-0.1, -0.05) is 70.0 Å². The molecule has 0 atom stereocenters. The number of aromatic hydroxyl groups is 1. The van der Waals surface area contributed by atoms with Crippen LogP contribution in [0.5, 0.6) is 5.75 Å². The van der Waals surface area contributed by atoms with E-state index in [1.165, 1.54) is 50.5 Å². The summed E-state index contributed by atoms with van der Waals surface area (Å²) >= 11 is 6.05. The first-order chi connectivity index (χ1) is 9.19. The number of phenols is 1. The minimum Gasteiger partial charge on any atom is -0.506 e. The number of hydrogen-bond donors (Lipinski definition) is 1. The highest BCUT2D eigenvalue weighted by Crippen LogP contribution is 2.30. The Bertz CT molecular complexity index is 374. The molecule has 0 aromatic heterocycles. The molecule has 1 aromatic rings. The molecule has 0 heterocycles. The number of unbranched alkanes of at least 4 members (excludes halogenated alkanes) is 6. The SMILES string of the molecule is CCCCCCCCCc1cc(Cl)c(O)c(CC)c1. The van der Waals surface area contributed by atoms with E-state index in [-0.39, 0.29) is 5.75 Å². The third kappa shape index (κ3) is 5.86. The molecule has 1 aromatic carbocycles. The van der Waals surface area contributed by atoms with Gasteiger partial charge in [-0.15, -0.1) is 0 Å². The molecule has 2 heteroatoms. The standard InChI is InChI=1S/C17H27ClO/c1-3-5-6-7-8-9-10-11-14-12-15(4-2)17(19)16(18)13-14/h12-13,19H,3-11H2,1-2H3. The van der Waals surface area contributed by atoms with Crippen LogP contribution in [0.4, 0.5) is 0 Å². The Kier molecular flexibility index (Phi) is 7.97. The van der Waals surface area contributed by atoms with Gasteiger partial charge in [-0.05, 0) is 36.5 Å². The van der Waals surface area contributed by atoms with Crippen LogP contribution >= 0.6 is 11.6 Å². The van der Waals surface area contributed by atoms with Gasteiger partial charge < -0.3 is 5.11 Å². The van der Waals surface area contributed by atoms with Gasteiger partial charge in [0, 0.05) is 0 Å². The molecule has 0 aliphatic carbocycles. The van der Waals surface area contributed by atoms with Gasteiger partial charge in [0.25, 0.3) is 0 Å². The average molecular weight is 283 g/mol. The third-order valence-corrected chi connectivity index (χ3v) is 3.94. The first kappa shape index (κ1) is 16.4. The van der Waals surface area contributed by atoms with E-state index in [1.807, 2.05) is 13.0 Å². The van der Waals surface area contributed by atoms with Crippen molar-refractivity contribution in [1.29, 1.82) is 0 Å². The van der Waals surface area contributed by atoms with Crippen LogP contribution in [0.1, 0.15) is 69.9 Å². The lowest BCUT2D eigenvalue weighted by molar-refractivity contribution is 0.468. The fourth-order valence-electron chi connectivity index (χ4n) is 2.42. The highest BCUT2D eigenvalue weighted by atomic mass is 35.5. The van der Waals surface area contributed by atoms with E-state index in [4.69, 9.17) is 11.6 Å². The van der Waals surface area contributed by atoms with Gasteiger partial charge in [0.1, 0.15) is 5.75 Å². The van der Waals surface area contributed by atoms with Crippen LogP contribution in [-0.4, -0.2) is 5.11 Å². The van der Waals surface area contributed by atoms with Gasteiger partial charge in [-0.25, -0.2) is 0 Å². The fraction of sp³-hybridized carbons (Fsp3) is 0.647. The third-order valence-electron chi connectivity index (χ3n) is 3.65. The molecule has 1 rings (SSSR count). The summed E-state index contributed by atoms with van der Waals surface area (Å²) in [5, 5.41) is 10.3. The monoisotopic (exact) mass is 282 g/mol. The quantitative estimate of drug-likeness (QED) is 0.559. The molecule has 0 spiro atoms. The van der Waals surface area contributed by atoms with Crippen molar-refractivity contribution in [3.8, 4) is 5.75 Å². The predicted octanol–water partition coefficient (Wildman–Crippen LogP) is 5.90. The highest BCUT2D eigenvalue weighted by molar-refractivity contribution is 6.32. The lowest BCUT2D eigenvalue weighted by Gasteiger charge is -2.08. The number of halogens is 1. The van der Waals surface area contributed by atoms with Crippen LogP contribution < -0.4 is 0 Å². The lowest BCUT2D eigenvalue weighted by atomic mass is 10.0. The Morgan fingerprint density at radius 2 is 1.58 bits per heavy atom. The van der Waals surface area contributed by atoms with E-state index >= 15 is 0 Å². The zero-order valence-corrected chi connectivity index (χ0v) is 13.1. The average Bonchev–Trinajstić information content (AvgIpc) is 2.41. The molecule has 0 unspecified atom stereocenters. The van der Waals surface area contributed by atoms with Crippen molar-refractivity contribution >= 4 is 11.6 Å². The molecule has 0 radical (unpaired) electrons. The van der Waals surface area contributed by atoms with E-state index in [2.05, 4.69) is 13.0 Å². The summed E-state index contributed by atoms with van der Waals surface area (Å²) in [6.07, 6.45) is 11.2. The second kappa shape index (κ2) is 9.25. The summed E-state index contributed by atoms with van der Waals surface area (Å²) in [7, 11) is 0. The van der Waals surface area contributed by atoms with Gasteiger partial charge in [-0.2, -0.15) is 0 Å². The molecule has 0 saturated carbocycles. The van der Waals surface area contributed by atoms with Gasteiger partial charge in [0.05, 0.1) is 5.02 Å². The van der Waals surface area contributed by atoms with Crippen LogP contribution in [0.25, 0.3) is 0 Å². The van der Waals surface area contributed by atoms with Crippen molar-refractivity contribution in [2.75, 3.05) is 0 Å². The van der Waals surface area contributed by atoms with Crippen LogP contribution in [-0.2, 0) is 12.8 Å². The number of rotatable bonds is 9. The predicted molar refractivity (Wildman–Crippen MR) is 84.2 cm³/mol. The van der Waals surface area contributed by atoms with Gasteiger partial charge in [-0.3, -0.25) is 0 Å². The Morgan fingerprint density at radius 3 is 2.21 bits per heavy atom. The summed E-state index contributed by atoms with van der Waals surface area (Å²) in [6.45, 7) is 4.29. The number of phenolic OH excluding ortho intramolecular Hbond substituents is 1. The van der Waals surface area contributed by atoms with E-state index in [9.17, 15) is 5.11 Å². The van der Waals surface area contributed by atoms with Crippen molar-refractivity contribution in [2.24, 2.45) is 0 Å². The van der Waals surface area contributed by atoms with Gasteiger partial charge in [0.15, 0.2) is 0 Å². The summed E-state index contributed by atoms with van der Waals surface area (Å²) < 4.78 is 0. The normalized spacial score (nSPS) is 10.9. The summed E-state index contributed by atoms with van der Waals surface area (Å²) in [4.78, 5) is 0. The molecular formula is C17H27ClO. The maximum atomic E-state index is 9.78. The molecule has 108 valence electrons. The smallest absolute Gasteiger partial charge is 0.137 e. The summed E-state index contributed by atoms with van der Waals surface area (Å²) in [5.74, 6) is 0.257. The minimum atomic E-state index is 0.257. The molecule has 0 saturated heterocycles. The number of aryl methyl sites for hydroxylation is 2. The van der Waals surface area contributed by atoms with Crippen molar-refractivity contribution in [1.82, 2.24) is 0 Å². The highest BCUT2D eigenvalue weighted by Gasteiger charge is 2.06. The minimum absolute atomic E-state index is 0.257. The maximum absolute atomic E-state index is 9.78. The fourth-order valence-corrected chi connectivity index (χ4v) is 2.68. The number of benzene rings is 1. The summed E-state index contributed by atoms with van der Waals surface area (Å²) in [5.41, 5.74) is 2.22. The van der Waals surface area contributed by atoms with Crippen LogP contribution in [0, 0.1) is 0 Å². The Labute approximate surface area is 123 Å². The Hall–Kier alpha value is -0.690. The lowest BCUT2D eigenvalue weighted by Crippen LogP contribution is -1.91. The van der Waals surface area contributed by atoms with Gasteiger partial charge >= 0.3 is 0 Å². The topological polar surface area (TPSA) is 20.2 Å². The van der Waals surface area contributed by atoms with Crippen LogP contribution in [0.15, 0.2) is 12.1 Å². The molecule has 0 aliphatic rings. The van der Waals surface area contributed by atoms with E-state index < -0.39 is 0 Å². The zero-order chi connectivity index (χ0) is 14.1. The Morgan fingerprint density at radius 1 is 0.947 bits per heavy atom. The first-order valence-corrected chi connectivity index (χ1v) is 8.07. The molecule has 0 amide bonds. The van der Waals surface area contributed by atoms with Crippen LogP contribution in [0.2, 0.25) is 5.02 Å². The number of hydrogen-bond acceptors (Lipinski definition) is 1. The van der Waals surface area contributed by atoms with E-state index in [0.717, 1.165) is 18.4 Å². The molecule has 19 heavy (non-hydrogen) atoms. The Balaban J connectivity index is 2.31. The van der Waals surface area contributed by atoms with Crippen LogP contribution in [0.3, 0.4) is 0 Å². The van der Waals surface area contributed by atoms with Crippen molar-refractivity contribution in [2.45, 2.75) is 71.6 Å². The molecule has 1 N–H and O–H groups in total. The summed E-state index contributed by atoms with van der Waals surface area (Å²) in [6, 6.07) is 4.01. The van der Waals surface area contributed by atoms with E-state index in [1.54, 1.807) is 0 Å². The second-order valence-corrected chi connectivity index (χ2v) is 5.72.